The quantitative estimate of drug-likeness (QED) is 0.681. The normalized spacial score (nSPS) is 10.2. The third-order valence-corrected chi connectivity index (χ3v) is 2.24. The topological polar surface area (TPSA) is 51.5 Å². The molecule has 0 atom stereocenters. The second kappa shape index (κ2) is 8.40. The fraction of sp³-hybridized carbons (Fsp3) is 0.462. The first-order valence-corrected chi connectivity index (χ1v) is 5.77. The molecule has 0 saturated heterocycles. The van der Waals surface area contributed by atoms with Crippen molar-refractivity contribution in [1.29, 1.82) is 5.26 Å². The Morgan fingerprint density at radius 1 is 1.11 bits per heavy atom. The predicted octanol–water partition coefficient (Wildman–Crippen LogP) is 2.27. The average Bonchev–Trinajstić information content (AvgIpc) is 2.40. The van der Waals surface area contributed by atoms with Gasteiger partial charge in [-0.2, -0.15) is 5.26 Å². The fourth-order valence-electron chi connectivity index (χ4n) is 1.37. The van der Waals surface area contributed by atoms with Gasteiger partial charge in [0.25, 0.3) is 0 Å². The van der Waals surface area contributed by atoms with Crippen molar-refractivity contribution < 1.29 is 23.0 Å². The summed E-state index contributed by atoms with van der Waals surface area (Å²) < 4.78 is 41.8. The molecule has 0 spiro atoms. The van der Waals surface area contributed by atoms with Gasteiger partial charge in [-0.3, -0.25) is 0 Å². The van der Waals surface area contributed by atoms with Crippen LogP contribution >= 0.6 is 0 Å². The summed E-state index contributed by atoms with van der Waals surface area (Å²) in [6, 6.07) is 3.52. The van der Waals surface area contributed by atoms with Crippen LogP contribution in [0.4, 0.5) is 8.78 Å². The minimum Gasteiger partial charge on any atom is -0.485 e. The Morgan fingerprint density at radius 3 is 2.37 bits per heavy atom. The number of rotatable bonds is 8. The largest absolute Gasteiger partial charge is 0.485 e. The molecule has 1 aromatic rings. The highest BCUT2D eigenvalue weighted by molar-refractivity contribution is 5.37. The molecule has 1 rings (SSSR count). The van der Waals surface area contributed by atoms with Crippen LogP contribution in [0.3, 0.4) is 0 Å². The maximum Gasteiger partial charge on any atom is 0.190 e. The van der Waals surface area contributed by atoms with E-state index in [1.807, 2.05) is 0 Å². The van der Waals surface area contributed by atoms with Crippen molar-refractivity contribution in [3.05, 3.63) is 29.3 Å². The molecule has 6 heteroatoms. The third-order valence-electron chi connectivity index (χ3n) is 2.24. The van der Waals surface area contributed by atoms with Gasteiger partial charge in [-0.1, -0.05) is 0 Å². The molecule has 0 aliphatic carbocycles. The van der Waals surface area contributed by atoms with Crippen LogP contribution in [0.5, 0.6) is 5.75 Å². The molecule has 0 bridgehead atoms. The summed E-state index contributed by atoms with van der Waals surface area (Å²) in [7, 11) is 1.60. The van der Waals surface area contributed by atoms with Crippen molar-refractivity contribution in [2.24, 2.45) is 0 Å². The molecule has 104 valence electrons. The van der Waals surface area contributed by atoms with Gasteiger partial charge >= 0.3 is 0 Å². The van der Waals surface area contributed by atoms with Gasteiger partial charge < -0.3 is 14.2 Å². The lowest BCUT2D eigenvalue weighted by atomic mass is 10.2. The van der Waals surface area contributed by atoms with Gasteiger partial charge in [0.1, 0.15) is 6.61 Å². The van der Waals surface area contributed by atoms with Crippen LogP contribution in [0.2, 0.25) is 0 Å². The van der Waals surface area contributed by atoms with Crippen LogP contribution < -0.4 is 4.74 Å². The molecule has 0 heterocycles. The Balaban J connectivity index is 2.36. The number of nitriles is 1. The standard InChI is InChI=1S/C13H15F2NO3/c1-17-3-2-4-18-5-6-19-13-11(14)7-10(9-16)8-12(13)15/h7-8H,2-6H2,1H3. The fourth-order valence-corrected chi connectivity index (χ4v) is 1.37. The summed E-state index contributed by atoms with van der Waals surface area (Å²) in [6.45, 7) is 1.35. The molecule has 0 radical (unpaired) electrons. The predicted molar refractivity (Wildman–Crippen MR) is 63.9 cm³/mol. The Hall–Kier alpha value is -1.71. The Labute approximate surface area is 110 Å². The molecule has 0 amide bonds. The lowest BCUT2D eigenvalue weighted by molar-refractivity contribution is 0.0786. The first-order chi connectivity index (χ1) is 9.19. The maximum absolute atomic E-state index is 13.4. The van der Waals surface area contributed by atoms with E-state index in [-0.39, 0.29) is 18.8 Å². The summed E-state index contributed by atoms with van der Waals surface area (Å²) in [5, 5.41) is 8.54. The number of halogens is 2. The van der Waals surface area contributed by atoms with E-state index in [9.17, 15) is 8.78 Å². The van der Waals surface area contributed by atoms with Gasteiger partial charge in [0, 0.05) is 20.3 Å². The Kier molecular flexibility index (Phi) is 6.79. The molecule has 0 aliphatic heterocycles. The minimum absolute atomic E-state index is 0.0344. The number of hydrogen-bond donors (Lipinski definition) is 0. The van der Waals surface area contributed by atoms with E-state index in [0.717, 1.165) is 18.6 Å². The van der Waals surface area contributed by atoms with Crippen LogP contribution in [-0.4, -0.2) is 33.5 Å². The highest BCUT2D eigenvalue weighted by Gasteiger charge is 2.12. The van der Waals surface area contributed by atoms with Crippen LogP contribution in [0.15, 0.2) is 12.1 Å². The highest BCUT2D eigenvalue weighted by atomic mass is 19.1. The SMILES string of the molecule is COCCCOCCOc1c(F)cc(C#N)cc1F. The second-order valence-electron chi connectivity index (χ2n) is 3.69. The number of benzene rings is 1. The number of hydrogen-bond acceptors (Lipinski definition) is 4. The van der Waals surface area contributed by atoms with E-state index >= 15 is 0 Å². The zero-order valence-electron chi connectivity index (χ0n) is 10.6. The van der Waals surface area contributed by atoms with Gasteiger partial charge in [0.15, 0.2) is 17.4 Å². The zero-order valence-corrected chi connectivity index (χ0v) is 10.6. The van der Waals surface area contributed by atoms with Gasteiger partial charge in [-0.05, 0) is 18.6 Å². The van der Waals surface area contributed by atoms with Crippen LogP contribution in [0.25, 0.3) is 0 Å². The van der Waals surface area contributed by atoms with Gasteiger partial charge in [-0.25, -0.2) is 8.78 Å². The molecule has 4 nitrogen and oxygen atoms in total. The lowest BCUT2D eigenvalue weighted by Crippen LogP contribution is -2.10. The van der Waals surface area contributed by atoms with Crippen LogP contribution in [0.1, 0.15) is 12.0 Å². The van der Waals surface area contributed by atoms with E-state index < -0.39 is 17.4 Å². The lowest BCUT2D eigenvalue weighted by Gasteiger charge is -2.09. The van der Waals surface area contributed by atoms with Crippen molar-refractivity contribution in [2.45, 2.75) is 6.42 Å². The van der Waals surface area contributed by atoms with Crippen molar-refractivity contribution in [2.75, 3.05) is 33.5 Å². The summed E-state index contributed by atoms with van der Waals surface area (Å²) in [5.41, 5.74) is -0.0850. The van der Waals surface area contributed by atoms with Gasteiger partial charge in [-0.15, -0.1) is 0 Å². The number of nitrogens with zero attached hydrogens (tertiary/aromatic N) is 1. The molecule has 1 aromatic carbocycles. The molecule has 0 fully saturated rings. The second-order valence-corrected chi connectivity index (χ2v) is 3.69. The van der Waals surface area contributed by atoms with Crippen molar-refractivity contribution in [1.82, 2.24) is 0 Å². The van der Waals surface area contributed by atoms with E-state index in [4.69, 9.17) is 19.5 Å². The molecule has 19 heavy (non-hydrogen) atoms. The average molecular weight is 271 g/mol. The van der Waals surface area contributed by atoms with E-state index in [1.54, 1.807) is 13.2 Å². The summed E-state index contributed by atoms with van der Waals surface area (Å²) in [5.74, 6) is -2.27. The number of ether oxygens (including phenoxy) is 3. The Bertz CT molecular complexity index is 423. The molecule has 0 unspecified atom stereocenters. The Morgan fingerprint density at radius 2 is 1.79 bits per heavy atom. The summed E-state index contributed by atoms with van der Waals surface area (Å²) in [4.78, 5) is 0. The molecule has 0 N–H and O–H groups in total. The first-order valence-electron chi connectivity index (χ1n) is 5.77. The van der Waals surface area contributed by atoms with E-state index in [2.05, 4.69) is 0 Å². The zero-order chi connectivity index (χ0) is 14.1. The first kappa shape index (κ1) is 15.3. The van der Waals surface area contributed by atoms with E-state index in [0.29, 0.717) is 13.2 Å². The van der Waals surface area contributed by atoms with Crippen molar-refractivity contribution >= 4 is 0 Å². The third kappa shape index (κ3) is 5.20. The molecular formula is C13H15F2NO3. The minimum atomic E-state index is -0.893. The number of methoxy groups -OCH3 is 1. The molecule has 0 aliphatic rings. The van der Waals surface area contributed by atoms with Crippen molar-refractivity contribution in [3.63, 3.8) is 0 Å². The summed E-state index contributed by atoms with van der Waals surface area (Å²) in [6.07, 6.45) is 0.746. The van der Waals surface area contributed by atoms with Gasteiger partial charge in [0.2, 0.25) is 0 Å². The van der Waals surface area contributed by atoms with Gasteiger partial charge in [0.05, 0.1) is 18.2 Å². The molecule has 0 aromatic heterocycles. The maximum atomic E-state index is 13.4. The smallest absolute Gasteiger partial charge is 0.190 e. The van der Waals surface area contributed by atoms with Crippen LogP contribution in [0, 0.1) is 23.0 Å². The molecule has 0 saturated carbocycles. The van der Waals surface area contributed by atoms with E-state index in [1.165, 1.54) is 0 Å². The summed E-state index contributed by atoms with van der Waals surface area (Å²) >= 11 is 0. The van der Waals surface area contributed by atoms with Crippen LogP contribution in [-0.2, 0) is 9.47 Å². The monoisotopic (exact) mass is 271 g/mol. The van der Waals surface area contributed by atoms with Crippen molar-refractivity contribution in [3.8, 4) is 11.8 Å². The molecular weight excluding hydrogens is 256 g/mol. The highest BCUT2D eigenvalue weighted by Crippen LogP contribution is 2.22.